The van der Waals surface area contributed by atoms with Gasteiger partial charge >= 0.3 is 0 Å². The molecule has 19 heavy (non-hydrogen) atoms. The fourth-order valence-electron chi connectivity index (χ4n) is 2.44. The topological polar surface area (TPSA) is 49.8 Å². The minimum absolute atomic E-state index is 0.0885. The molecule has 0 heterocycles. The van der Waals surface area contributed by atoms with Gasteiger partial charge in [0.1, 0.15) is 5.75 Å². The first-order chi connectivity index (χ1) is 9.10. The monoisotopic (exact) mass is 263 g/mol. The van der Waals surface area contributed by atoms with Crippen LogP contribution in [-0.4, -0.2) is 30.8 Å². The Morgan fingerprint density at radius 3 is 2.84 bits per heavy atom. The number of amides is 1. The predicted molar refractivity (Wildman–Crippen MR) is 74.3 cm³/mol. The van der Waals surface area contributed by atoms with Gasteiger partial charge in [0.2, 0.25) is 5.91 Å². The van der Waals surface area contributed by atoms with Crippen molar-refractivity contribution in [3.05, 3.63) is 24.3 Å². The Bertz CT molecular complexity index is 441. The zero-order valence-electron chi connectivity index (χ0n) is 11.5. The predicted octanol–water partition coefficient (Wildman–Crippen LogP) is 2.56. The van der Waals surface area contributed by atoms with Crippen LogP contribution in [0.25, 0.3) is 0 Å². The van der Waals surface area contributed by atoms with Crippen LogP contribution in [0.1, 0.15) is 26.2 Å². The highest BCUT2D eigenvalue weighted by atomic mass is 16.5. The molecule has 4 nitrogen and oxygen atoms in total. The summed E-state index contributed by atoms with van der Waals surface area (Å²) in [5.74, 6) is 0.701. The lowest BCUT2D eigenvalue weighted by Gasteiger charge is -2.35. The number of ether oxygens (including phenoxy) is 1. The Hall–Kier alpha value is -1.55. The van der Waals surface area contributed by atoms with Crippen molar-refractivity contribution >= 4 is 11.6 Å². The van der Waals surface area contributed by atoms with Gasteiger partial charge in [0.15, 0.2) is 0 Å². The van der Waals surface area contributed by atoms with Gasteiger partial charge in [-0.3, -0.25) is 4.79 Å². The lowest BCUT2D eigenvalue weighted by Crippen LogP contribution is -2.36. The van der Waals surface area contributed by atoms with Crippen molar-refractivity contribution in [2.45, 2.75) is 32.3 Å². The number of carbonyl (C=O) groups is 1. The van der Waals surface area contributed by atoms with E-state index in [0.717, 1.165) is 25.1 Å². The van der Waals surface area contributed by atoms with Gasteiger partial charge in [-0.15, -0.1) is 0 Å². The number of hydrogen-bond acceptors (Lipinski definition) is 3. The third-order valence-electron chi connectivity index (χ3n) is 3.65. The third kappa shape index (κ3) is 3.47. The van der Waals surface area contributed by atoms with E-state index in [-0.39, 0.29) is 11.7 Å². The second-order valence-corrected chi connectivity index (χ2v) is 5.09. The highest BCUT2D eigenvalue weighted by Crippen LogP contribution is 2.33. The van der Waals surface area contributed by atoms with E-state index in [2.05, 4.69) is 0 Å². The second-order valence-electron chi connectivity index (χ2n) is 5.09. The molecule has 0 radical (unpaired) electrons. The van der Waals surface area contributed by atoms with Crippen molar-refractivity contribution < 1.29 is 14.6 Å². The Labute approximate surface area is 114 Å². The molecule has 2 rings (SSSR count). The van der Waals surface area contributed by atoms with Gasteiger partial charge in [0.05, 0.1) is 6.10 Å². The molecule has 0 atom stereocenters. The zero-order chi connectivity index (χ0) is 13.8. The molecule has 0 aromatic heterocycles. The lowest BCUT2D eigenvalue weighted by molar-refractivity contribution is -0.121. The van der Waals surface area contributed by atoms with E-state index in [1.165, 1.54) is 0 Å². The molecule has 0 saturated heterocycles. The molecule has 1 N–H and O–H groups in total. The van der Waals surface area contributed by atoms with Gasteiger partial charge in [-0.25, -0.2) is 0 Å². The van der Waals surface area contributed by atoms with Gasteiger partial charge in [0, 0.05) is 31.8 Å². The van der Waals surface area contributed by atoms with Crippen LogP contribution in [0.5, 0.6) is 5.75 Å². The van der Waals surface area contributed by atoms with E-state index >= 15 is 0 Å². The van der Waals surface area contributed by atoms with E-state index in [0.29, 0.717) is 18.4 Å². The summed E-state index contributed by atoms with van der Waals surface area (Å²) in [5, 5.41) is 9.42. The van der Waals surface area contributed by atoms with Gasteiger partial charge in [-0.1, -0.05) is 6.07 Å². The van der Waals surface area contributed by atoms with E-state index < -0.39 is 0 Å². The first kappa shape index (κ1) is 13.9. The Balaban J connectivity index is 1.84. The van der Waals surface area contributed by atoms with E-state index in [1.807, 2.05) is 13.0 Å². The zero-order valence-corrected chi connectivity index (χ0v) is 11.5. The highest BCUT2D eigenvalue weighted by molar-refractivity contribution is 5.93. The summed E-state index contributed by atoms with van der Waals surface area (Å²) in [6.07, 6.45) is 2.85. The standard InChI is InChI=1S/C15H21NO3/c1-3-19-14-7-11(8-14)9-15(18)16(2)12-5-4-6-13(17)10-12/h4-6,10-11,14,17H,3,7-9H2,1-2H3. The van der Waals surface area contributed by atoms with Crippen molar-refractivity contribution in [1.29, 1.82) is 0 Å². The lowest BCUT2D eigenvalue weighted by atomic mass is 9.79. The van der Waals surface area contributed by atoms with Crippen LogP contribution >= 0.6 is 0 Å². The van der Waals surface area contributed by atoms with E-state index in [1.54, 1.807) is 30.1 Å². The van der Waals surface area contributed by atoms with Crippen molar-refractivity contribution in [3.8, 4) is 5.75 Å². The summed E-state index contributed by atoms with van der Waals surface area (Å²) >= 11 is 0. The molecule has 1 aliphatic carbocycles. The summed E-state index contributed by atoms with van der Waals surface area (Å²) < 4.78 is 5.49. The van der Waals surface area contributed by atoms with Crippen LogP contribution in [-0.2, 0) is 9.53 Å². The molecule has 1 amide bonds. The quantitative estimate of drug-likeness (QED) is 0.888. The Morgan fingerprint density at radius 1 is 1.47 bits per heavy atom. The van der Waals surface area contributed by atoms with Crippen LogP contribution in [0.3, 0.4) is 0 Å². The number of phenols is 1. The number of rotatable bonds is 5. The minimum atomic E-state index is 0.0885. The molecular formula is C15H21NO3. The number of anilines is 1. The second kappa shape index (κ2) is 6.06. The smallest absolute Gasteiger partial charge is 0.227 e. The molecular weight excluding hydrogens is 242 g/mol. The van der Waals surface area contributed by atoms with Crippen LogP contribution < -0.4 is 4.90 Å². The van der Waals surface area contributed by atoms with Crippen molar-refractivity contribution in [3.63, 3.8) is 0 Å². The molecule has 0 bridgehead atoms. The summed E-state index contributed by atoms with van der Waals surface area (Å²) in [7, 11) is 1.75. The minimum Gasteiger partial charge on any atom is -0.508 e. The van der Waals surface area contributed by atoms with E-state index in [9.17, 15) is 9.90 Å². The average molecular weight is 263 g/mol. The van der Waals surface area contributed by atoms with Gasteiger partial charge < -0.3 is 14.7 Å². The van der Waals surface area contributed by atoms with Crippen LogP contribution in [0.15, 0.2) is 24.3 Å². The van der Waals surface area contributed by atoms with Crippen molar-refractivity contribution in [2.75, 3.05) is 18.6 Å². The molecule has 4 heteroatoms. The van der Waals surface area contributed by atoms with E-state index in [4.69, 9.17) is 4.74 Å². The molecule has 1 saturated carbocycles. The van der Waals surface area contributed by atoms with Crippen LogP contribution in [0.2, 0.25) is 0 Å². The molecule has 1 aromatic rings. The van der Waals surface area contributed by atoms with Crippen LogP contribution in [0.4, 0.5) is 5.69 Å². The third-order valence-corrected chi connectivity index (χ3v) is 3.65. The van der Waals surface area contributed by atoms with Crippen molar-refractivity contribution in [2.24, 2.45) is 5.92 Å². The normalized spacial score (nSPS) is 21.8. The summed E-state index contributed by atoms with van der Waals surface area (Å²) in [6, 6.07) is 6.76. The Morgan fingerprint density at radius 2 is 2.21 bits per heavy atom. The maximum atomic E-state index is 12.1. The molecule has 0 spiro atoms. The van der Waals surface area contributed by atoms with Gasteiger partial charge in [-0.05, 0) is 37.8 Å². The average Bonchev–Trinajstić information content (AvgIpc) is 2.35. The summed E-state index contributed by atoms with van der Waals surface area (Å²) in [5.41, 5.74) is 0.727. The molecule has 0 unspecified atom stereocenters. The van der Waals surface area contributed by atoms with Gasteiger partial charge in [-0.2, -0.15) is 0 Å². The SMILES string of the molecule is CCOC1CC(CC(=O)N(C)c2cccc(O)c2)C1. The van der Waals surface area contributed by atoms with Gasteiger partial charge in [0.25, 0.3) is 0 Å². The largest absolute Gasteiger partial charge is 0.508 e. The maximum Gasteiger partial charge on any atom is 0.227 e. The number of phenolic OH excluding ortho intramolecular Hbond substituents is 1. The maximum absolute atomic E-state index is 12.1. The number of aromatic hydroxyl groups is 1. The molecule has 1 aliphatic rings. The number of nitrogens with zero attached hydrogens (tertiary/aromatic N) is 1. The first-order valence-corrected chi connectivity index (χ1v) is 6.77. The highest BCUT2D eigenvalue weighted by Gasteiger charge is 2.31. The number of benzene rings is 1. The fraction of sp³-hybridized carbons (Fsp3) is 0.533. The molecule has 1 fully saturated rings. The number of hydrogen-bond donors (Lipinski definition) is 1. The fourth-order valence-corrected chi connectivity index (χ4v) is 2.44. The summed E-state index contributed by atoms with van der Waals surface area (Å²) in [4.78, 5) is 13.7. The number of carbonyl (C=O) groups excluding carboxylic acids is 1. The first-order valence-electron chi connectivity index (χ1n) is 6.77. The van der Waals surface area contributed by atoms with Crippen LogP contribution in [0, 0.1) is 5.92 Å². The summed E-state index contributed by atoms with van der Waals surface area (Å²) in [6.45, 7) is 2.74. The van der Waals surface area contributed by atoms with Crippen molar-refractivity contribution in [1.82, 2.24) is 0 Å². The molecule has 104 valence electrons. The molecule has 0 aliphatic heterocycles. The Kier molecular flexibility index (Phi) is 4.43. The molecule has 1 aromatic carbocycles.